The van der Waals surface area contributed by atoms with Gasteiger partial charge in [0.25, 0.3) is 5.91 Å². The Kier molecular flexibility index (Phi) is 6.46. The molecule has 0 bridgehead atoms. The van der Waals surface area contributed by atoms with Gasteiger partial charge in [-0.2, -0.15) is 0 Å². The van der Waals surface area contributed by atoms with Gasteiger partial charge in [0.05, 0.1) is 5.56 Å². The third kappa shape index (κ3) is 5.33. The molecule has 1 amide bonds. The highest BCUT2D eigenvalue weighted by molar-refractivity contribution is 5.96. The summed E-state index contributed by atoms with van der Waals surface area (Å²) in [6, 6.07) is 17.4. The molecule has 1 saturated heterocycles. The van der Waals surface area contributed by atoms with Crippen molar-refractivity contribution in [1.29, 1.82) is 0 Å². The van der Waals surface area contributed by atoms with Gasteiger partial charge in [0.1, 0.15) is 12.4 Å². The predicted octanol–water partition coefficient (Wildman–Crippen LogP) is 3.48. The van der Waals surface area contributed by atoms with Crippen LogP contribution in [-0.2, 0) is 6.61 Å². The normalized spacial score (nSPS) is 14.9. The van der Waals surface area contributed by atoms with Crippen molar-refractivity contribution in [3.63, 3.8) is 0 Å². The second-order valence-corrected chi connectivity index (χ2v) is 6.43. The van der Waals surface area contributed by atoms with Crippen LogP contribution in [0, 0.1) is 0 Å². The number of nitrogens with one attached hydrogen (secondary N) is 1. The van der Waals surface area contributed by atoms with Gasteiger partial charge in [0.15, 0.2) is 0 Å². The van der Waals surface area contributed by atoms with E-state index in [0.29, 0.717) is 24.5 Å². The molecular weight excluding hydrogens is 312 g/mol. The van der Waals surface area contributed by atoms with Crippen molar-refractivity contribution in [3.05, 3.63) is 65.7 Å². The summed E-state index contributed by atoms with van der Waals surface area (Å²) in [5.41, 5.74) is 1.68. The third-order valence-electron chi connectivity index (χ3n) is 4.53. The summed E-state index contributed by atoms with van der Waals surface area (Å²) in [6.45, 7) is 4.34. The maximum absolute atomic E-state index is 12.5. The molecule has 0 saturated carbocycles. The summed E-state index contributed by atoms with van der Waals surface area (Å²) in [5, 5.41) is 3.02. The number of piperidine rings is 1. The summed E-state index contributed by atoms with van der Waals surface area (Å²) in [5.74, 6) is 0.558. The Balaban J connectivity index is 1.53. The second-order valence-electron chi connectivity index (χ2n) is 6.43. The molecular formula is C21H26N2O2. The molecule has 0 radical (unpaired) electrons. The number of hydrogen-bond donors (Lipinski definition) is 1. The smallest absolute Gasteiger partial charge is 0.255 e. The number of likely N-dealkylation sites (tertiary alicyclic amines) is 1. The van der Waals surface area contributed by atoms with Crippen LogP contribution in [0.15, 0.2) is 54.6 Å². The Morgan fingerprint density at radius 3 is 2.48 bits per heavy atom. The monoisotopic (exact) mass is 338 g/mol. The van der Waals surface area contributed by atoms with Gasteiger partial charge in [-0.15, -0.1) is 0 Å². The molecule has 4 heteroatoms. The zero-order chi connectivity index (χ0) is 17.3. The Morgan fingerprint density at radius 2 is 1.68 bits per heavy atom. The standard InChI is InChI=1S/C21H26N2O2/c24-21(22-13-16-23-14-7-2-8-15-23)19-11-5-6-12-20(19)25-17-18-9-3-1-4-10-18/h1,3-6,9-12H,2,7-8,13-17H2,(H,22,24). The van der Waals surface area contributed by atoms with Crippen LogP contribution in [0.5, 0.6) is 5.75 Å². The number of carbonyl (C=O) groups excluding carboxylic acids is 1. The summed E-state index contributed by atoms with van der Waals surface area (Å²) < 4.78 is 5.87. The number of para-hydroxylation sites is 1. The van der Waals surface area contributed by atoms with Crippen LogP contribution >= 0.6 is 0 Å². The SMILES string of the molecule is O=C(NCCN1CCCCC1)c1ccccc1OCc1ccccc1. The molecule has 3 rings (SSSR count). The lowest BCUT2D eigenvalue weighted by molar-refractivity contribution is 0.0942. The van der Waals surface area contributed by atoms with Gasteiger partial charge in [-0.25, -0.2) is 0 Å². The first-order chi connectivity index (χ1) is 12.3. The van der Waals surface area contributed by atoms with E-state index in [1.807, 2.05) is 54.6 Å². The molecule has 4 nitrogen and oxygen atoms in total. The van der Waals surface area contributed by atoms with Crippen molar-refractivity contribution >= 4 is 5.91 Å². The molecule has 2 aromatic rings. The van der Waals surface area contributed by atoms with E-state index >= 15 is 0 Å². The molecule has 1 N–H and O–H groups in total. The quantitative estimate of drug-likeness (QED) is 0.840. The zero-order valence-electron chi connectivity index (χ0n) is 14.6. The summed E-state index contributed by atoms with van der Waals surface area (Å²) >= 11 is 0. The third-order valence-corrected chi connectivity index (χ3v) is 4.53. The molecule has 2 aromatic carbocycles. The minimum Gasteiger partial charge on any atom is -0.488 e. The van der Waals surface area contributed by atoms with Crippen LogP contribution in [0.1, 0.15) is 35.2 Å². The second kappa shape index (κ2) is 9.23. The van der Waals surface area contributed by atoms with E-state index in [-0.39, 0.29) is 5.91 Å². The van der Waals surface area contributed by atoms with E-state index < -0.39 is 0 Å². The van der Waals surface area contributed by atoms with Crippen LogP contribution in [0.2, 0.25) is 0 Å². The van der Waals surface area contributed by atoms with Crippen molar-refractivity contribution in [2.45, 2.75) is 25.9 Å². The van der Waals surface area contributed by atoms with E-state index in [1.54, 1.807) is 0 Å². The maximum Gasteiger partial charge on any atom is 0.255 e. The molecule has 0 spiro atoms. The number of hydrogen-bond acceptors (Lipinski definition) is 3. The fourth-order valence-corrected chi connectivity index (χ4v) is 3.12. The molecule has 1 aliphatic rings. The summed E-state index contributed by atoms with van der Waals surface area (Å²) in [7, 11) is 0. The van der Waals surface area contributed by atoms with Gasteiger partial charge in [0.2, 0.25) is 0 Å². The summed E-state index contributed by atoms with van der Waals surface area (Å²) in [4.78, 5) is 14.9. The number of amides is 1. The van der Waals surface area contributed by atoms with Crippen LogP contribution in [0.4, 0.5) is 0 Å². The Morgan fingerprint density at radius 1 is 0.960 bits per heavy atom. The zero-order valence-corrected chi connectivity index (χ0v) is 14.6. The molecule has 1 fully saturated rings. The minimum absolute atomic E-state index is 0.0688. The largest absolute Gasteiger partial charge is 0.488 e. The summed E-state index contributed by atoms with van der Waals surface area (Å²) in [6.07, 6.45) is 3.86. The van der Waals surface area contributed by atoms with Gasteiger partial charge in [-0.3, -0.25) is 4.79 Å². The maximum atomic E-state index is 12.5. The lowest BCUT2D eigenvalue weighted by Gasteiger charge is -2.26. The highest BCUT2D eigenvalue weighted by Crippen LogP contribution is 2.19. The van der Waals surface area contributed by atoms with Gasteiger partial charge < -0.3 is 15.0 Å². The van der Waals surface area contributed by atoms with Gasteiger partial charge in [0, 0.05) is 13.1 Å². The Hall–Kier alpha value is -2.33. The first kappa shape index (κ1) is 17.5. The number of carbonyl (C=O) groups is 1. The molecule has 0 aromatic heterocycles. The minimum atomic E-state index is -0.0688. The number of nitrogens with zero attached hydrogens (tertiary/aromatic N) is 1. The van der Waals surface area contributed by atoms with Crippen molar-refractivity contribution in [3.8, 4) is 5.75 Å². The first-order valence-electron chi connectivity index (χ1n) is 9.09. The van der Waals surface area contributed by atoms with Gasteiger partial charge >= 0.3 is 0 Å². The van der Waals surface area contributed by atoms with E-state index in [9.17, 15) is 4.79 Å². The highest BCUT2D eigenvalue weighted by atomic mass is 16.5. The van der Waals surface area contributed by atoms with Crippen LogP contribution < -0.4 is 10.1 Å². The molecule has 132 valence electrons. The van der Waals surface area contributed by atoms with Gasteiger partial charge in [-0.1, -0.05) is 48.9 Å². The van der Waals surface area contributed by atoms with E-state index in [2.05, 4.69) is 10.2 Å². The Labute approximate surface area is 149 Å². The van der Waals surface area contributed by atoms with Crippen molar-refractivity contribution in [2.75, 3.05) is 26.2 Å². The van der Waals surface area contributed by atoms with E-state index in [4.69, 9.17) is 4.74 Å². The molecule has 25 heavy (non-hydrogen) atoms. The molecule has 0 unspecified atom stereocenters. The first-order valence-corrected chi connectivity index (χ1v) is 9.09. The molecule has 0 aliphatic carbocycles. The van der Waals surface area contributed by atoms with E-state index in [1.165, 1.54) is 19.3 Å². The van der Waals surface area contributed by atoms with E-state index in [0.717, 1.165) is 25.2 Å². The molecule has 1 heterocycles. The van der Waals surface area contributed by atoms with Crippen molar-refractivity contribution in [2.24, 2.45) is 0 Å². The van der Waals surface area contributed by atoms with Gasteiger partial charge in [-0.05, 0) is 43.6 Å². The van der Waals surface area contributed by atoms with Crippen molar-refractivity contribution in [1.82, 2.24) is 10.2 Å². The fourth-order valence-electron chi connectivity index (χ4n) is 3.12. The topological polar surface area (TPSA) is 41.6 Å². The van der Waals surface area contributed by atoms with Crippen molar-refractivity contribution < 1.29 is 9.53 Å². The number of ether oxygens (including phenoxy) is 1. The van der Waals surface area contributed by atoms with Crippen LogP contribution in [-0.4, -0.2) is 37.0 Å². The molecule has 1 aliphatic heterocycles. The lowest BCUT2D eigenvalue weighted by Crippen LogP contribution is -2.37. The molecule has 0 atom stereocenters. The fraction of sp³-hybridized carbons (Fsp3) is 0.381. The van der Waals surface area contributed by atoms with Crippen LogP contribution in [0.25, 0.3) is 0 Å². The lowest BCUT2D eigenvalue weighted by atomic mass is 10.1. The average molecular weight is 338 g/mol. The number of benzene rings is 2. The predicted molar refractivity (Wildman–Crippen MR) is 99.8 cm³/mol. The number of rotatable bonds is 7. The highest BCUT2D eigenvalue weighted by Gasteiger charge is 2.13. The average Bonchev–Trinajstić information content (AvgIpc) is 2.68. The Bertz CT molecular complexity index is 667. The van der Waals surface area contributed by atoms with Crippen LogP contribution in [0.3, 0.4) is 0 Å².